The van der Waals surface area contributed by atoms with Crippen LogP contribution in [0.4, 0.5) is 0 Å². The van der Waals surface area contributed by atoms with E-state index in [0.717, 1.165) is 20.6 Å². The highest BCUT2D eigenvalue weighted by molar-refractivity contribution is 9.10. The van der Waals surface area contributed by atoms with Gasteiger partial charge in [0.1, 0.15) is 5.78 Å². The Hall–Kier alpha value is 0.140. The number of Topliss-reactive ketones (excluding diaryl/α,β-unsaturated/α-hetero) is 1. The van der Waals surface area contributed by atoms with Gasteiger partial charge in [-0.15, -0.1) is 0 Å². The summed E-state index contributed by atoms with van der Waals surface area (Å²) in [5.74, 6) is 0.209. The van der Waals surface area contributed by atoms with Gasteiger partial charge >= 0.3 is 0 Å². The molecular weight excluding hydrogens is 355 g/mol. The first-order valence-corrected chi connectivity index (χ1v) is 7.03. The van der Waals surface area contributed by atoms with Crippen molar-refractivity contribution >= 4 is 49.2 Å². The molecule has 1 aromatic carbocycles. The molecule has 0 aliphatic carbocycles. The number of carbonyl (C=O) groups excluding carboxylic acids is 1. The van der Waals surface area contributed by atoms with Crippen molar-refractivity contribution in [1.29, 1.82) is 0 Å². The molecule has 0 fully saturated rings. The topological polar surface area (TPSA) is 17.1 Å². The Labute approximate surface area is 118 Å². The van der Waals surface area contributed by atoms with E-state index in [4.69, 9.17) is 11.6 Å². The third-order valence-electron chi connectivity index (χ3n) is 2.60. The highest BCUT2D eigenvalue weighted by atomic mass is 79.9. The van der Waals surface area contributed by atoms with Gasteiger partial charge < -0.3 is 0 Å². The number of benzene rings is 1. The average molecular weight is 368 g/mol. The van der Waals surface area contributed by atoms with Crippen LogP contribution < -0.4 is 0 Å². The van der Waals surface area contributed by atoms with Crippen LogP contribution >= 0.6 is 43.5 Å². The van der Waals surface area contributed by atoms with E-state index in [9.17, 15) is 4.79 Å². The molecule has 1 nitrogen and oxygen atoms in total. The van der Waals surface area contributed by atoms with Crippen molar-refractivity contribution in [1.82, 2.24) is 0 Å². The van der Waals surface area contributed by atoms with Gasteiger partial charge in [0, 0.05) is 15.4 Å². The number of halogens is 3. The standard InChI is InChI=1S/C12H13Br2ClO/c1-6-4-10(13)9(5-11(6)15)7(2)12(14)8(3)16/h4-5,7,12H,1-3H3. The number of rotatable bonds is 3. The Morgan fingerprint density at radius 1 is 1.44 bits per heavy atom. The summed E-state index contributed by atoms with van der Waals surface area (Å²) in [5.41, 5.74) is 2.08. The molecule has 0 aliphatic heterocycles. The van der Waals surface area contributed by atoms with Gasteiger partial charge in [0.25, 0.3) is 0 Å². The quantitative estimate of drug-likeness (QED) is 0.696. The van der Waals surface area contributed by atoms with Crippen molar-refractivity contribution in [3.63, 3.8) is 0 Å². The van der Waals surface area contributed by atoms with E-state index >= 15 is 0 Å². The van der Waals surface area contributed by atoms with E-state index < -0.39 is 0 Å². The van der Waals surface area contributed by atoms with Gasteiger partial charge in [-0.3, -0.25) is 4.79 Å². The Balaban J connectivity index is 3.13. The molecule has 1 aromatic rings. The lowest BCUT2D eigenvalue weighted by molar-refractivity contribution is -0.116. The molecule has 0 aromatic heterocycles. The third kappa shape index (κ3) is 3.08. The van der Waals surface area contributed by atoms with Gasteiger partial charge in [-0.2, -0.15) is 0 Å². The predicted octanol–water partition coefficient (Wildman–Crippen LogP) is 4.87. The van der Waals surface area contributed by atoms with E-state index in [1.165, 1.54) is 0 Å². The molecule has 0 amide bonds. The first kappa shape index (κ1) is 14.2. The highest BCUT2D eigenvalue weighted by Crippen LogP contribution is 2.34. The van der Waals surface area contributed by atoms with Crippen LogP contribution in [0.1, 0.15) is 30.9 Å². The number of aryl methyl sites for hydroxylation is 1. The second-order valence-corrected chi connectivity index (χ2v) is 6.17. The van der Waals surface area contributed by atoms with Crippen LogP contribution in [0.2, 0.25) is 5.02 Å². The Morgan fingerprint density at radius 2 is 2.00 bits per heavy atom. The van der Waals surface area contributed by atoms with Crippen LogP contribution in [0.5, 0.6) is 0 Å². The normalized spacial score (nSPS) is 14.6. The summed E-state index contributed by atoms with van der Waals surface area (Å²) in [4.78, 5) is 11.1. The van der Waals surface area contributed by atoms with E-state index in [-0.39, 0.29) is 16.5 Å². The van der Waals surface area contributed by atoms with E-state index in [2.05, 4.69) is 31.9 Å². The Morgan fingerprint density at radius 3 is 2.50 bits per heavy atom. The lowest BCUT2D eigenvalue weighted by atomic mass is 9.95. The smallest absolute Gasteiger partial charge is 0.144 e. The minimum absolute atomic E-state index is 0.0879. The molecule has 0 saturated carbocycles. The van der Waals surface area contributed by atoms with E-state index in [1.54, 1.807) is 6.92 Å². The zero-order chi connectivity index (χ0) is 12.5. The van der Waals surface area contributed by atoms with Crippen LogP contribution in [-0.2, 0) is 4.79 Å². The molecule has 1 rings (SSSR count). The molecule has 0 heterocycles. The molecule has 0 radical (unpaired) electrons. The maximum atomic E-state index is 11.3. The molecule has 0 N–H and O–H groups in total. The summed E-state index contributed by atoms with van der Waals surface area (Å²) in [7, 11) is 0. The lowest BCUT2D eigenvalue weighted by Crippen LogP contribution is -2.18. The number of ketones is 1. The van der Waals surface area contributed by atoms with Gasteiger partial charge in [-0.25, -0.2) is 0 Å². The summed E-state index contributed by atoms with van der Waals surface area (Å²) in [6.07, 6.45) is 0. The molecule has 4 heteroatoms. The predicted molar refractivity (Wildman–Crippen MR) is 75.7 cm³/mol. The van der Waals surface area contributed by atoms with Crippen molar-refractivity contribution in [3.05, 3.63) is 32.8 Å². The van der Waals surface area contributed by atoms with Gasteiger partial charge in [-0.1, -0.05) is 50.4 Å². The third-order valence-corrected chi connectivity index (χ3v) is 5.13. The molecular formula is C12H13Br2ClO. The average Bonchev–Trinajstić information content (AvgIpc) is 2.21. The van der Waals surface area contributed by atoms with Crippen LogP contribution in [0.15, 0.2) is 16.6 Å². The number of alkyl halides is 1. The fraction of sp³-hybridized carbons (Fsp3) is 0.417. The zero-order valence-corrected chi connectivity index (χ0v) is 13.3. The molecule has 88 valence electrons. The van der Waals surface area contributed by atoms with Crippen LogP contribution in [-0.4, -0.2) is 10.6 Å². The summed E-state index contributed by atoms with van der Waals surface area (Å²) in [5, 5.41) is 0.730. The van der Waals surface area contributed by atoms with E-state index in [0.29, 0.717) is 0 Å². The molecule has 0 aliphatic rings. The lowest BCUT2D eigenvalue weighted by Gasteiger charge is -2.18. The fourth-order valence-corrected chi connectivity index (χ4v) is 2.80. The molecule has 16 heavy (non-hydrogen) atoms. The minimum Gasteiger partial charge on any atom is -0.299 e. The molecule has 0 bridgehead atoms. The second-order valence-electron chi connectivity index (χ2n) is 3.92. The number of carbonyl (C=O) groups is 1. The Bertz CT molecular complexity index is 418. The maximum Gasteiger partial charge on any atom is 0.144 e. The summed E-state index contributed by atoms with van der Waals surface area (Å²) < 4.78 is 0.993. The van der Waals surface area contributed by atoms with Crippen LogP contribution in [0, 0.1) is 6.92 Å². The van der Waals surface area contributed by atoms with Crippen LogP contribution in [0.3, 0.4) is 0 Å². The molecule has 0 spiro atoms. The first-order valence-electron chi connectivity index (χ1n) is 4.94. The summed E-state index contributed by atoms with van der Waals surface area (Å²) >= 11 is 13.0. The first-order chi connectivity index (χ1) is 7.34. The van der Waals surface area contributed by atoms with Gasteiger partial charge in [0.2, 0.25) is 0 Å². The highest BCUT2D eigenvalue weighted by Gasteiger charge is 2.22. The second kappa shape index (κ2) is 5.65. The van der Waals surface area contributed by atoms with Crippen molar-refractivity contribution in [2.24, 2.45) is 0 Å². The monoisotopic (exact) mass is 366 g/mol. The van der Waals surface area contributed by atoms with E-state index in [1.807, 2.05) is 26.0 Å². The molecule has 0 saturated heterocycles. The zero-order valence-electron chi connectivity index (χ0n) is 9.35. The maximum absolute atomic E-state index is 11.3. The van der Waals surface area contributed by atoms with Gasteiger partial charge in [0.15, 0.2) is 0 Å². The largest absolute Gasteiger partial charge is 0.299 e. The van der Waals surface area contributed by atoms with Crippen molar-refractivity contribution in [2.75, 3.05) is 0 Å². The number of hydrogen-bond acceptors (Lipinski definition) is 1. The van der Waals surface area contributed by atoms with Crippen molar-refractivity contribution in [3.8, 4) is 0 Å². The molecule has 2 unspecified atom stereocenters. The minimum atomic E-state index is -0.178. The fourth-order valence-electron chi connectivity index (χ4n) is 1.52. The summed E-state index contributed by atoms with van der Waals surface area (Å²) in [6.45, 7) is 5.55. The van der Waals surface area contributed by atoms with Crippen molar-refractivity contribution < 1.29 is 4.79 Å². The van der Waals surface area contributed by atoms with Gasteiger partial charge in [0.05, 0.1) is 4.83 Å². The Kier molecular flexibility index (Phi) is 5.02. The van der Waals surface area contributed by atoms with Crippen LogP contribution in [0.25, 0.3) is 0 Å². The summed E-state index contributed by atoms with van der Waals surface area (Å²) in [6, 6.07) is 3.90. The molecule has 2 atom stereocenters. The SMILES string of the molecule is CC(=O)C(Br)C(C)c1cc(Cl)c(C)cc1Br. The van der Waals surface area contributed by atoms with Gasteiger partial charge in [-0.05, 0) is 37.1 Å². The number of hydrogen-bond donors (Lipinski definition) is 0. The van der Waals surface area contributed by atoms with Crippen molar-refractivity contribution in [2.45, 2.75) is 31.5 Å².